The van der Waals surface area contributed by atoms with Crippen molar-refractivity contribution in [3.8, 4) is 33.3 Å². The third kappa shape index (κ3) is 3.91. The molecule has 0 fully saturated rings. The molecule has 7 nitrogen and oxygen atoms in total. The number of nitrogens with zero attached hydrogens (tertiary/aromatic N) is 3. The van der Waals surface area contributed by atoms with Crippen molar-refractivity contribution in [3.63, 3.8) is 0 Å². The van der Waals surface area contributed by atoms with E-state index in [1.165, 1.54) is 34.8 Å². The molecule has 0 unspecified atom stereocenters. The Bertz CT molecular complexity index is 1500. The summed E-state index contributed by atoms with van der Waals surface area (Å²) in [6.07, 6.45) is 1.84. The van der Waals surface area contributed by atoms with E-state index >= 15 is 0 Å². The minimum Gasteiger partial charge on any atom is -0.493 e. The first-order valence-corrected chi connectivity index (χ1v) is 11.9. The van der Waals surface area contributed by atoms with Crippen LogP contribution in [0.4, 0.5) is 10.2 Å². The number of imidazole rings is 1. The Kier molecular flexibility index (Phi) is 5.76. The number of hydrogen-bond donors (Lipinski definition) is 1. The Morgan fingerprint density at radius 2 is 1.76 bits per heavy atom. The molecule has 0 aliphatic carbocycles. The smallest absolute Gasteiger partial charge is 0.268 e. The molecule has 34 heavy (non-hydrogen) atoms. The fourth-order valence-electron chi connectivity index (χ4n) is 3.58. The van der Waals surface area contributed by atoms with E-state index in [1.54, 1.807) is 39.3 Å². The molecular formula is C24H19FN4O3S2. The highest BCUT2D eigenvalue weighted by atomic mass is 32.1. The third-order valence-corrected chi connectivity index (χ3v) is 7.21. The first kappa shape index (κ1) is 22.1. The van der Waals surface area contributed by atoms with Crippen molar-refractivity contribution in [2.24, 2.45) is 0 Å². The van der Waals surface area contributed by atoms with Crippen LogP contribution in [0.15, 0.2) is 54.0 Å². The molecule has 0 saturated carbocycles. The Hall–Kier alpha value is -3.76. The van der Waals surface area contributed by atoms with Gasteiger partial charge in [0.2, 0.25) is 0 Å². The molecule has 10 heteroatoms. The third-order valence-electron chi connectivity index (χ3n) is 5.25. The molecule has 0 aliphatic rings. The first-order chi connectivity index (χ1) is 16.5. The molecule has 0 spiro atoms. The van der Waals surface area contributed by atoms with Crippen molar-refractivity contribution in [1.82, 2.24) is 14.4 Å². The molecule has 3 aromatic heterocycles. The number of thiazole rings is 2. The monoisotopic (exact) mass is 494 g/mol. The highest BCUT2D eigenvalue weighted by Gasteiger charge is 2.22. The van der Waals surface area contributed by atoms with E-state index in [4.69, 9.17) is 9.47 Å². The van der Waals surface area contributed by atoms with Crippen LogP contribution in [-0.4, -0.2) is 34.5 Å². The molecule has 3 heterocycles. The molecule has 5 aromatic rings. The molecule has 0 atom stereocenters. The lowest BCUT2D eigenvalue weighted by Gasteiger charge is -2.08. The van der Waals surface area contributed by atoms with Crippen molar-refractivity contribution in [3.05, 3.63) is 70.4 Å². The van der Waals surface area contributed by atoms with Gasteiger partial charge >= 0.3 is 0 Å². The normalized spacial score (nSPS) is 11.1. The van der Waals surface area contributed by atoms with Gasteiger partial charge in [0.05, 0.1) is 19.9 Å². The van der Waals surface area contributed by atoms with E-state index in [0.29, 0.717) is 44.2 Å². The van der Waals surface area contributed by atoms with Crippen molar-refractivity contribution >= 4 is 39.4 Å². The van der Waals surface area contributed by atoms with Gasteiger partial charge in [-0.05, 0) is 49.4 Å². The van der Waals surface area contributed by atoms with Crippen LogP contribution >= 0.6 is 22.7 Å². The Morgan fingerprint density at radius 3 is 2.50 bits per heavy atom. The Labute approximate surface area is 202 Å². The average molecular weight is 495 g/mol. The highest BCUT2D eigenvalue weighted by Crippen LogP contribution is 2.36. The van der Waals surface area contributed by atoms with E-state index in [0.717, 1.165) is 10.5 Å². The highest BCUT2D eigenvalue weighted by molar-refractivity contribution is 7.17. The van der Waals surface area contributed by atoms with Gasteiger partial charge in [0.25, 0.3) is 5.91 Å². The van der Waals surface area contributed by atoms with Crippen molar-refractivity contribution in [1.29, 1.82) is 0 Å². The summed E-state index contributed by atoms with van der Waals surface area (Å²) < 4.78 is 25.9. The number of hydrogen-bond acceptors (Lipinski definition) is 7. The fraction of sp³-hybridized carbons (Fsp3) is 0.125. The Morgan fingerprint density at radius 1 is 1.03 bits per heavy atom. The zero-order valence-corrected chi connectivity index (χ0v) is 20.1. The maximum absolute atomic E-state index is 13.4. The molecule has 1 amide bonds. The lowest BCUT2D eigenvalue weighted by molar-refractivity contribution is 0.102. The van der Waals surface area contributed by atoms with Gasteiger partial charge in [-0.25, -0.2) is 14.4 Å². The minimum atomic E-state index is -0.335. The zero-order valence-electron chi connectivity index (χ0n) is 18.5. The quantitative estimate of drug-likeness (QED) is 0.318. The summed E-state index contributed by atoms with van der Waals surface area (Å²) in [6.45, 7) is 1.80. The summed E-state index contributed by atoms with van der Waals surface area (Å²) in [5.74, 6) is 1.10. The van der Waals surface area contributed by atoms with Crippen LogP contribution in [-0.2, 0) is 0 Å². The molecule has 0 saturated heterocycles. The lowest BCUT2D eigenvalue weighted by atomic mass is 10.1. The van der Waals surface area contributed by atoms with Crippen LogP contribution in [0.5, 0.6) is 11.5 Å². The van der Waals surface area contributed by atoms with Crippen LogP contribution in [0, 0.1) is 12.7 Å². The summed E-state index contributed by atoms with van der Waals surface area (Å²) in [4.78, 5) is 23.8. The van der Waals surface area contributed by atoms with Gasteiger partial charge in [-0.3, -0.25) is 9.20 Å². The number of fused-ring (bicyclic) bond motifs is 1. The minimum absolute atomic E-state index is 0.293. The van der Waals surface area contributed by atoms with Crippen LogP contribution in [0.25, 0.3) is 26.8 Å². The standard InChI is InChI=1S/C24H19FN4O3S2/c1-13-20(34-23(26-13)15-6-9-17(31-2)18(12-15)32-3)22(30)28-21-19(14-4-7-16(25)8-5-14)27-24-29(21)10-11-33-24/h4-12H,1-3H3,(H,28,30). The molecular weight excluding hydrogens is 475 g/mol. The van der Waals surface area contributed by atoms with Crippen molar-refractivity contribution in [2.45, 2.75) is 6.92 Å². The summed E-state index contributed by atoms with van der Waals surface area (Å²) in [6, 6.07) is 11.5. The number of anilines is 1. The van der Waals surface area contributed by atoms with E-state index in [2.05, 4.69) is 15.3 Å². The maximum atomic E-state index is 13.4. The maximum Gasteiger partial charge on any atom is 0.268 e. The largest absolute Gasteiger partial charge is 0.493 e. The van der Waals surface area contributed by atoms with E-state index in [1.807, 2.05) is 28.1 Å². The fourth-order valence-corrected chi connectivity index (χ4v) is 5.25. The van der Waals surface area contributed by atoms with E-state index < -0.39 is 0 Å². The van der Waals surface area contributed by atoms with Gasteiger partial charge in [0.1, 0.15) is 27.2 Å². The second-order valence-electron chi connectivity index (χ2n) is 7.33. The SMILES string of the molecule is COc1ccc(-c2nc(C)c(C(=O)Nc3c(-c4ccc(F)cc4)nc4sccn34)s2)cc1OC. The van der Waals surface area contributed by atoms with Crippen LogP contribution in [0.3, 0.4) is 0 Å². The van der Waals surface area contributed by atoms with Crippen LogP contribution in [0.2, 0.25) is 0 Å². The number of methoxy groups -OCH3 is 2. The van der Waals surface area contributed by atoms with Gasteiger partial charge in [0, 0.05) is 22.7 Å². The van der Waals surface area contributed by atoms with Gasteiger partial charge in [-0.2, -0.15) is 0 Å². The number of rotatable bonds is 6. The number of nitrogens with one attached hydrogen (secondary N) is 1. The number of amides is 1. The van der Waals surface area contributed by atoms with Gasteiger partial charge in [-0.15, -0.1) is 22.7 Å². The van der Waals surface area contributed by atoms with Crippen molar-refractivity contribution in [2.75, 3.05) is 19.5 Å². The molecule has 172 valence electrons. The number of aromatic nitrogens is 3. The van der Waals surface area contributed by atoms with E-state index in [9.17, 15) is 9.18 Å². The number of carbonyl (C=O) groups excluding carboxylic acids is 1. The number of carbonyl (C=O) groups is 1. The molecule has 1 N–H and O–H groups in total. The number of ether oxygens (including phenoxy) is 2. The molecule has 2 aromatic carbocycles. The number of benzene rings is 2. The summed E-state index contributed by atoms with van der Waals surface area (Å²) in [7, 11) is 3.15. The topological polar surface area (TPSA) is 77.8 Å². The summed E-state index contributed by atoms with van der Waals surface area (Å²) in [5, 5.41) is 5.58. The van der Waals surface area contributed by atoms with Crippen molar-refractivity contribution < 1.29 is 18.7 Å². The first-order valence-electron chi connectivity index (χ1n) is 10.2. The Balaban J connectivity index is 1.49. The lowest BCUT2D eigenvalue weighted by Crippen LogP contribution is -2.13. The molecule has 0 aliphatic heterocycles. The molecule has 0 radical (unpaired) electrons. The van der Waals surface area contributed by atoms with Crippen LogP contribution in [0.1, 0.15) is 15.4 Å². The van der Waals surface area contributed by atoms with Gasteiger partial charge < -0.3 is 14.8 Å². The van der Waals surface area contributed by atoms with Gasteiger partial charge in [0.15, 0.2) is 16.5 Å². The second-order valence-corrected chi connectivity index (χ2v) is 9.20. The molecule has 0 bridgehead atoms. The molecule has 5 rings (SSSR count). The predicted octanol–water partition coefficient (Wildman–Crippen LogP) is 5.90. The summed E-state index contributed by atoms with van der Waals surface area (Å²) >= 11 is 2.74. The summed E-state index contributed by atoms with van der Waals surface area (Å²) in [5.41, 5.74) is 2.71. The average Bonchev–Trinajstić information content (AvgIpc) is 3.55. The van der Waals surface area contributed by atoms with E-state index in [-0.39, 0.29) is 11.7 Å². The van der Waals surface area contributed by atoms with Gasteiger partial charge in [-0.1, -0.05) is 0 Å². The zero-order chi connectivity index (χ0) is 23.8. The number of halogens is 1. The number of aryl methyl sites for hydroxylation is 1. The van der Waals surface area contributed by atoms with Crippen LogP contribution < -0.4 is 14.8 Å². The predicted molar refractivity (Wildman–Crippen MR) is 132 cm³/mol. The second kappa shape index (κ2) is 8.88.